The number of amides is 4. The molecule has 0 atom stereocenters. The van der Waals surface area contributed by atoms with Gasteiger partial charge in [0.15, 0.2) is 6.61 Å². The summed E-state index contributed by atoms with van der Waals surface area (Å²) >= 11 is 0. The average molecular weight is 379 g/mol. The van der Waals surface area contributed by atoms with E-state index in [-0.39, 0.29) is 31.4 Å². The maximum Gasteiger partial charge on any atom is 0.325 e. The molecular weight excluding hydrogens is 350 g/mol. The number of esters is 1. The molecule has 1 aliphatic carbocycles. The van der Waals surface area contributed by atoms with Gasteiger partial charge < -0.3 is 15.0 Å². The molecule has 150 valence electrons. The Morgan fingerprint density at radius 1 is 0.963 bits per heavy atom. The lowest BCUT2D eigenvalue weighted by Gasteiger charge is -2.24. The fourth-order valence-electron chi connectivity index (χ4n) is 4.20. The van der Waals surface area contributed by atoms with Crippen molar-refractivity contribution in [2.75, 3.05) is 26.2 Å². The van der Waals surface area contributed by atoms with Crippen LogP contribution < -0.4 is 5.32 Å². The summed E-state index contributed by atoms with van der Waals surface area (Å²) in [7, 11) is 0. The number of carbonyl (C=O) groups is 4. The highest BCUT2D eigenvalue weighted by Gasteiger charge is 2.52. The Bertz CT molecular complexity index is 592. The number of nitrogens with one attached hydrogen (secondary N) is 1. The SMILES string of the molecule is O=C(CCN1C(=O)NC2(CCCC2)C1=O)OCC(=O)N1CCCCCCC1. The fraction of sp³-hybridized carbons (Fsp3) is 0.789. The minimum absolute atomic E-state index is 0.0108. The van der Waals surface area contributed by atoms with E-state index in [0.29, 0.717) is 25.9 Å². The van der Waals surface area contributed by atoms with E-state index in [0.717, 1.165) is 43.4 Å². The zero-order valence-corrected chi connectivity index (χ0v) is 15.8. The first-order valence-corrected chi connectivity index (χ1v) is 10.1. The molecule has 1 spiro atoms. The number of hydrogen-bond acceptors (Lipinski definition) is 5. The second kappa shape index (κ2) is 8.71. The average Bonchev–Trinajstić information content (AvgIpc) is 3.17. The molecule has 2 heterocycles. The van der Waals surface area contributed by atoms with Crippen molar-refractivity contribution in [1.82, 2.24) is 15.1 Å². The van der Waals surface area contributed by atoms with Crippen molar-refractivity contribution in [3.63, 3.8) is 0 Å². The van der Waals surface area contributed by atoms with E-state index in [1.54, 1.807) is 4.90 Å². The largest absolute Gasteiger partial charge is 0.456 e. The number of rotatable bonds is 5. The number of likely N-dealkylation sites (tertiary alicyclic amines) is 1. The third-order valence-electron chi connectivity index (χ3n) is 5.81. The summed E-state index contributed by atoms with van der Waals surface area (Å²) in [4.78, 5) is 51.6. The number of nitrogens with zero attached hydrogens (tertiary/aromatic N) is 2. The van der Waals surface area contributed by atoms with Gasteiger partial charge in [0.1, 0.15) is 5.54 Å². The summed E-state index contributed by atoms with van der Waals surface area (Å²) in [6.07, 6.45) is 8.46. The van der Waals surface area contributed by atoms with E-state index in [2.05, 4.69) is 5.32 Å². The Balaban J connectivity index is 1.41. The van der Waals surface area contributed by atoms with E-state index >= 15 is 0 Å². The van der Waals surface area contributed by atoms with Gasteiger partial charge in [0.25, 0.3) is 11.8 Å². The van der Waals surface area contributed by atoms with Crippen LogP contribution in [-0.2, 0) is 19.1 Å². The number of urea groups is 1. The fourth-order valence-corrected chi connectivity index (χ4v) is 4.20. The molecule has 0 aromatic rings. The maximum atomic E-state index is 12.5. The summed E-state index contributed by atoms with van der Waals surface area (Å²) in [5.74, 6) is -0.983. The van der Waals surface area contributed by atoms with E-state index in [4.69, 9.17) is 4.74 Å². The van der Waals surface area contributed by atoms with Crippen LogP contribution in [0, 0.1) is 0 Å². The van der Waals surface area contributed by atoms with Crippen LogP contribution in [0.25, 0.3) is 0 Å². The van der Waals surface area contributed by atoms with Crippen molar-refractivity contribution < 1.29 is 23.9 Å². The molecule has 2 aliphatic heterocycles. The van der Waals surface area contributed by atoms with Gasteiger partial charge in [0, 0.05) is 19.6 Å². The van der Waals surface area contributed by atoms with Crippen molar-refractivity contribution in [3.05, 3.63) is 0 Å². The number of carbonyl (C=O) groups excluding carboxylic acids is 4. The van der Waals surface area contributed by atoms with Crippen LogP contribution in [0.5, 0.6) is 0 Å². The van der Waals surface area contributed by atoms with Crippen molar-refractivity contribution in [2.45, 2.75) is 69.7 Å². The highest BCUT2D eigenvalue weighted by atomic mass is 16.5. The molecule has 3 rings (SSSR count). The van der Waals surface area contributed by atoms with Crippen LogP contribution in [-0.4, -0.2) is 65.4 Å². The highest BCUT2D eigenvalue weighted by molar-refractivity contribution is 6.07. The molecule has 27 heavy (non-hydrogen) atoms. The van der Waals surface area contributed by atoms with Crippen LogP contribution in [0.2, 0.25) is 0 Å². The molecule has 1 N–H and O–H groups in total. The molecule has 0 radical (unpaired) electrons. The monoisotopic (exact) mass is 379 g/mol. The van der Waals surface area contributed by atoms with Crippen LogP contribution in [0.4, 0.5) is 4.79 Å². The quantitative estimate of drug-likeness (QED) is 0.578. The summed E-state index contributed by atoms with van der Waals surface area (Å²) < 4.78 is 5.08. The van der Waals surface area contributed by atoms with Crippen molar-refractivity contribution in [3.8, 4) is 0 Å². The Kier molecular flexibility index (Phi) is 6.34. The van der Waals surface area contributed by atoms with Crippen molar-refractivity contribution >= 4 is 23.8 Å². The zero-order valence-electron chi connectivity index (χ0n) is 15.8. The minimum atomic E-state index is -0.761. The Morgan fingerprint density at radius 2 is 1.59 bits per heavy atom. The van der Waals surface area contributed by atoms with Gasteiger partial charge in [-0.15, -0.1) is 0 Å². The molecule has 0 bridgehead atoms. The second-order valence-corrected chi connectivity index (χ2v) is 7.74. The van der Waals surface area contributed by atoms with E-state index in [9.17, 15) is 19.2 Å². The number of hydrogen-bond donors (Lipinski definition) is 1. The van der Waals surface area contributed by atoms with Gasteiger partial charge in [0.2, 0.25) is 0 Å². The Hall–Kier alpha value is -2.12. The Labute approximate surface area is 159 Å². The molecule has 1 saturated carbocycles. The smallest absolute Gasteiger partial charge is 0.325 e. The molecule has 8 nitrogen and oxygen atoms in total. The molecule has 2 saturated heterocycles. The zero-order chi connectivity index (χ0) is 19.3. The molecule has 3 aliphatic rings. The van der Waals surface area contributed by atoms with Gasteiger partial charge in [-0.25, -0.2) is 4.79 Å². The summed E-state index contributed by atoms with van der Waals surface area (Å²) in [6, 6.07) is -0.439. The third kappa shape index (κ3) is 4.59. The van der Waals surface area contributed by atoms with Crippen molar-refractivity contribution in [1.29, 1.82) is 0 Å². The van der Waals surface area contributed by atoms with Crippen LogP contribution >= 0.6 is 0 Å². The van der Waals surface area contributed by atoms with Gasteiger partial charge in [-0.3, -0.25) is 19.3 Å². The molecule has 0 aromatic carbocycles. The van der Waals surface area contributed by atoms with Gasteiger partial charge in [-0.2, -0.15) is 0 Å². The maximum absolute atomic E-state index is 12.5. The van der Waals surface area contributed by atoms with Gasteiger partial charge in [-0.05, 0) is 25.7 Å². The first kappa shape index (κ1) is 19.6. The number of ether oxygens (including phenoxy) is 1. The van der Waals surface area contributed by atoms with E-state index in [1.807, 2.05) is 0 Å². The standard InChI is InChI=1S/C19H29N3O5/c23-15(21-11-6-2-1-3-7-12-21)14-27-16(24)8-13-22-17(25)19(20-18(22)26)9-4-5-10-19/h1-14H2,(H,20,26). The lowest BCUT2D eigenvalue weighted by atomic mass is 9.98. The van der Waals surface area contributed by atoms with Crippen LogP contribution in [0.3, 0.4) is 0 Å². The topological polar surface area (TPSA) is 96.0 Å². The van der Waals surface area contributed by atoms with Crippen LogP contribution in [0.15, 0.2) is 0 Å². The molecule has 0 unspecified atom stereocenters. The Morgan fingerprint density at radius 3 is 2.26 bits per heavy atom. The molecule has 3 fully saturated rings. The van der Waals surface area contributed by atoms with Crippen molar-refractivity contribution in [2.24, 2.45) is 0 Å². The summed E-state index contributed by atoms with van der Waals surface area (Å²) in [6.45, 7) is 1.13. The highest BCUT2D eigenvalue weighted by Crippen LogP contribution is 2.35. The third-order valence-corrected chi connectivity index (χ3v) is 5.81. The summed E-state index contributed by atoms with van der Waals surface area (Å²) in [5.41, 5.74) is -0.761. The summed E-state index contributed by atoms with van der Waals surface area (Å²) in [5, 5.41) is 2.78. The van der Waals surface area contributed by atoms with Crippen LogP contribution in [0.1, 0.15) is 64.2 Å². The number of imide groups is 1. The molecule has 8 heteroatoms. The molecule has 0 aromatic heterocycles. The predicted octanol–water partition coefficient (Wildman–Crippen LogP) is 1.58. The second-order valence-electron chi connectivity index (χ2n) is 7.74. The first-order chi connectivity index (χ1) is 13.0. The molecular formula is C19H29N3O5. The van der Waals surface area contributed by atoms with Gasteiger partial charge in [-0.1, -0.05) is 32.1 Å². The lowest BCUT2D eigenvalue weighted by Crippen LogP contribution is -2.44. The minimum Gasteiger partial charge on any atom is -0.456 e. The first-order valence-electron chi connectivity index (χ1n) is 10.1. The predicted molar refractivity (Wildman–Crippen MR) is 96.7 cm³/mol. The van der Waals surface area contributed by atoms with Gasteiger partial charge >= 0.3 is 12.0 Å². The normalized spacial score (nSPS) is 22.5. The van der Waals surface area contributed by atoms with Gasteiger partial charge in [0.05, 0.1) is 6.42 Å². The lowest BCUT2D eigenvalue weighted by molar-refractivity contribution is -0.152. The van der Waals surface area contributed by atoms with E-state index < -0.39 is 17.5 Å². The van der Waals surface area contributed by atoms with E-state index in [1.165, 1.54) is 6.42 Å². The molecule has 4 amide bonds.